The normalized spacial score (nSPS) is 11.6. The molecule has 30 heavy (non-hydrogen) atoms. The lowest BCUT2D eigenvalue weighted by atomic mass is 10.2. The van der Waals surface area contributed by atoms with Gasteiger partial charge in [0.1, 0.15) is 28.4 Å². The minimum Gasteiger partial charge on any atom is -0.465 e. The molecule has 0 saturated carbocycles. The Bertz CT molecular complexity index is 1420. The van der Waals surface area contributed by atoms with Gasteiger partial charge in [-0.25, -0.2) is 24.0 Å². The molecule has 5 rings (SSSR count). The maximum atomic E-state index is 12.0. The standard InChI is InChI=1S/C19H18N8O2S/c1-10-7-11(2)27(22-10)9-25-6-5-13(23-25)16-21-17-14-12(3)15(19(28)29-4)30-18(14)20-8-26(17)24-16/h5-8H,9H2,1-4H3. The Morgan fingerprint density at radius 1 is 1.20 bits per heavy atom. The van der Waals surface area contributed by atoms with Gasteiger partial charge < -0.3 is 4.74 Å². The van der Waals surface area contributed by atoms with Gasteiger partial charge in [-0.15, -0.1) is 16.4 Å². The van der Waals surface area contributed by atoms with Crippen LogP contribution in [0.5, 0.6) is 0 Å². The summed E-state index contributed by atoms with van der Waals surface area (Å²) in [5.41, 5.74) is 4.10. The third-order valence-corrected chi connectivity index (χ3v) is 6.07. The fraction of sp³-hybridized carbons (Fsp3) is 0.263. The molecular weight excluding hydrogens is 404 g/mol. The number of carbonyl (C=O) groups is 1. The Balaban J connectivity index is 1.55. The van der Waals surface area contributed by atoms with Crippen LogP contribution in [0.25, 0.3) is 27.4 Å². The molecule has 0 fully saturated rings. The molecule has 0 N–H and O–H groups in total. The summed E-state index contributed by atoms with van der Waals surface area (Å²) in [6.45, 7) is 6.35. The number of hydrogen-bond acceptors (Lipinski definition) is 8. The molecule has 0 unspecified atom stereocenters. The number of hydrogen-bond donors (Lipinski definition) is 0. The molecule has 0 aliphatic rings. The lowest BCUT2D eigenvalue weighted by molar-refractivity contribution is 0.0605. The number of esters is 1. The Morgan fingerprint density at radius 3 is 2.77 bits per heavy atom. The Kier molecular flexibility index (Phi) is 4.13. The summed E-state index contributed by atoms with van der Waals surface area (Å²) in [5, 5.41) is 14.4. The molecule has 5 heterocycles. The third-order valence-electron chi connectivity index (χ3n) is 4.89. The highest BCUT2D eigenvalue weighted by Crippen LogP contribution is 2.32. The molecule has 0 radical (unpaired) electrons. The van der Waals surface area contributed by atoms with Crippen molar-refractivity contribution in [2.75, 3.05) is 7.11 Å². The van der Waals surface area contributed by atoms with E-state index in [1.807, 2.05) is 43.8 Å². The summed E-state index contributed by atoms with van der Waals surface area (Å²) < 4.78 is 10.2. The molecule has 0 atom stereocenters. The molecule has 0 aliphatic carbocycles. The van der Waals surface area contributed by atoms with Crippen molar-refractivity contribution in [3.05, 3.63) is 46.5 Å². The zero-order valence-electron chi connectivity index (χ0n) is 16.8. The Morgan fingerprint density at radius 2 is 2.03 bits per heavy atom. The molecule has 0 aromatic carbocycles. The van der Waals surface area contributed by atoms with Crippen molar-refractivity contribution in [2.24, 2.45) is 0 Å². The SMILES string of the molecule is COC(=O)c1sc2ncn3nc(-c4ccn(Cn5nc(C)cc5C)n4)nc3c2c1C. The largest absolute Gasteiger partial charge is 0.465 e. The van der Waals surface area contributed by atoms with Gasteiger partial charge in [0, 0.05) is 11.9 Å². The third kappa shape index (κ3) is 2.86. The van der Waals surface area contributed by atoms with Gasteiger partial charge in [-0.2, -0.15) is 10.2 Å². The molecule has 10 nitrogen and oxygen atoms in total. The first kappa shape index (κ1) is 18.4. The van der Waals surface area contributed by atoms with Crippen molar-refractivity contribution in [2.45, 2.75) is 27.4 Å². The number of fused-ring (bicyclic) bond motifs is 3. The van der Waals surface area contributed by atoms with Crippen molar-refractivity contribution < 1.29 is 9.53 Å². The topological polar surface area (TPSA) is 105 Å². The van der Waals surface area contributed by atoms with Crippen LogP contribution in [0, 0.1) is 20.8 Å². The van der Waals surface area contributed by atoms with Crippen LogP contribution in [0.3, 0.4) is 0 Å². The van der Waals surface area contributed by atoms with E-state index in [1.54, 1.807) is 15.5 Å². The van der Waals surface area contributed by atoms with Crippen LogP contribution in [-0.4, -0.2) is 52.2 Å². The molecule has 11 heteroatoms. The number of methoxy groups -OCH3 is 1. The van der Waals surface area contributed by atoms with Crippen LogP contribution < -0.4 is 0 Å². The highest BCUT2D eigenvalue weighted by Gasteiger charge is 2.21. The number of carbonyl (C=O) groups excluding carboxylic acids is 1. The van der Waals surface area contributed by atoms with Crippen LogP contribution in [0.15, 0.2) is 24.7 Å². The fourth-order valence-electron chi connectivity index (χ4n) is 3.44. The first-order valence-electron chi connectivity index (χ1n) is 9.22. The summed E-state index contributed by atoms with van der Waals surface area (Å²) in [4.78, 5) is 22.4. The van der Waals surface area contributed by atoms with E-state index >= 15 is 0 Å². The van der Waals surface area contributed by atoms with Crippen LogP contribution in [0.2, 0.25) is 0 Å². The van der Waals surface area contributed by atoms with Gasteiger partial charge in [0.05, 0.1) is 18.2 Å². The van der Waals surface area contributed by atoms with E-state index in [1.165, 1.54) is 18.4 Å². The first-order valence-corrected chi connectivity index (χ1v) is 10.0. The lowest BCUT2D eigenvalue weighted by Crippen LogP contribution is -2.11. The highest BCUT2D eigenvalue weighted by molar-refractivity contribution is 7.20. The van der Waals surface area contributed by atoms with Gasteiger partial charge >= 0.3 is 5.97 Å². The predicted molar refractivity (Wildman–Crippen MR) is 111 cm³/mol. The van der Waals surface area contributed by atoms with E-state index < -0.39 is 0 Å². The van der Waals surface area contributed by atoms with E-state index in [-0.39, 0.29) is 5.97 Å². The average molecular weight is 422 g/mol. The summed E-state index contributed by atoms with van der Waals surface area (Å²) in [6, 6.07) is 3.89. The van der Waals surface area contributed by atoms with Gasteiger partial charge in [-0.1, -0.05) is 0 Å². The van der Waals surface area contributed by atoms with Crippen LogP contribution in [-0.2, 0) is 11.4 Å². The van der Waals surface area contributed by atoms with E-state index in [4.69, 9.17) is 4.74 Å². The number of nitrogens with zero attached hydrogens (tertiary/aromatic N) is 8. The van der Waals surface area contributed by atoms with E-state index in [9.17, 15) is 4.79 Å². The van der Waals surface area contributed by atoms with Crippen molar-refractivity contribution >= 4 is 33.2 Å². The molecule has 0 bridgehead atoms. The zero-order chi connectivity index (χ0) is 21.0. The molecule has 5 aromatic heterocycles. The predicted octanol–water partition coefficient (Wildman–Crippen LogP) is 2.62. The molecule has 0 saturated heterocycles. The first-order chi connectivity index (χ1) is 14.4. The molecule has 0 aliphatic heterocycles. The lowest BCUT2D eigenvalue weighted by Gasteiger charge is -2.03. The molecule has 0 amide bonds. The second kappa shape index (κ2) is 6.73. The number of aryl methyl sites for hydroxylation is 3. The van der Waals surface area contributed by atoms with Crippen LogP contribution in [0.1, 0.15) is 26.6 Å². The van der Waals surface area contributed by atoms with Gasteiger partial charge in [-0.05, 0) is 38.5 Å². The smallest absolute Gasteiger partial charge is 0.348 e. The van der Waals surface area contributed by atoms with E-state index in [0.29, 0.717) is 28.7 Å². The van der Waals surface area contributed by atoms with E-state index in [2.05, 4.69) is 25.3 Å². The maximum Gasteiger partial charge on any atom is 0.348 e. The van der Waals surface area contributed by atoms with Crippen LogP contribution >= 0.6 is 11.3 Å². The minimum absolute atomic E-state index is 0.378. The highest BCUT2D eigenvalue weighted by atomic mass is 32.1. The fourth-order valence-corrected chi connectivity index (χ4v) is 4.51. The molecule has 0 spiro atoms. The minimum atomic E-state index is -0.378. The summed E-state index contributed by atoms with van der Waals surface area (Å²) >= 11 is 1.29. The number of thiophene rings is 1. The van der Waals surface area contributed by atoms with Gasteiger partial charge in [0.25, 0.3) is 0 Å². The van der Waals surface area contributed by atoms with Gasteiger partial charge in [0.2, 0.25) is 5.82 Å². The number of aromatic nitrogens is 8. The maximum absolute atomic E-state index is 12.0. The second-order valence-electron chi connectivity index (χ2n) is 6.98. The van der Waals surface area contributed by atoms with Crippen molar-refractivity contribution in [1.82, 2.24) is 39.1 Å². The zero-order valence-corrected chi connectivity index (χ0v) is 17.6. The van der Waals surface area contributed by atoms with Crippen molar-refractivity contribution in [1.29, 1.82) is 0 Å². The Hall–Kier alpha value is -3.60. The summed E-state index contributed by atoms with van der Waals surface area (Å²) in [6.07, 6.45) is 3.47. The van der Waals surface area contributed by atoms with Crippen LogP contribution in [0.4, 0.5) is 0 Å². The quantitative estimate of drug-likeness (QED) is 0.410. The van der Waals surface area contributed by atoms with E-state index in [0.717, 1.165) is 27.2 Å². The van der Waals surface area contributed by atoms with Crippen molar-refractivity contribution in [3.8, 4) is 11.5 Å². The average Bonchev–Trinajstić information content (AvgIpc) is 3.47. The molecular formula is C19H18N8O2S. The number of ether oxygens (including phenoxy) is 1. The summed E-state index contributed by atoms with van der Waals surface area (Å²) in [7, 11) is 1.37. The second-order valence-corrected chi connectivity index (χ2v) is 7.98. The number of rotatable bonds is 4. The molecule has 152 valence electrons. The monoisotopic (exact) mass is 422 g/mol. The van der Waals surface area contributed by atoms with Gasteiger partial charge in [0.15, 0.2) is 5.65 Å². The van der Waals surface area contributed by atoms with Gasteiger partial charge in [-0.3, -0.25) is 4.68 Å². The molecule has 5 aromatic rings. The summed E-state index contributed by atoms with van der Waals surface area (Å²) in [5.74, 6) is 0.109. The van der Waals surface area contributed by atoms with Crippen molar-refractivity contribution in [3.63, 3.8) is 0 Å². The Labute approximate surface area is 174 Å².